The summed E-state index contributed by atoms with van der Waals surface area (Å²) in [6.45, 7) is 3.72. The molecule has 0 bridgehead atoms. The summed E-state index contributed by atoms with van der Waals surface area (Å²) in [6, 6.07) is 0.384. The topological polar surface area (TPSA) is 81.7 Å². The van der Waals surface area contributed by atoms with E-state index in [9.17, 15) is 0 Å². The predicted molar refractivity (Wildman–Crippen MR) is 54.6 cm³/mol. The van der Waals surface area contributed by atoms with E-state index in [0.717, 1.165) is 19.5 Å². The summed E-state index contributed by atoms with van der Waals surface area (Å²) in [5, 5.41) is 15.2. The van der Waals surface area contributed by atoms with Crippen LogP contribution in [0.5, 0.6) is 0 Å². The predicted octanol–water partition coefficient (Wildman–Crippen LogP) is 0.171. The second-order valence-corrected chi connectivity index (χ2v) is 3.87. The van der Waals surface area contributed by atoms with Gasteiger partial charge < -0.3 is 9.84 Å². The van der Waals surface area contributed by atoms with Crippen molar-refractivity contribution in [1.82, 2.24) is 30.5 Å². The smallest absolute Gasteiger partial charge is 0.224 e. The highest BCUT2D eigenvalue weighted by atomic mass is 16.5. The first kappa shape index (κ1) is 9.46. The highest BCUT2D eigenvalue weighted by Crippen LogP contribution is 2.17. The molecule has 1 fully saturated rings. The minimum Gasteiger partial charge on any atom is -0.339 e. The van der Waals surface area contributed by atoms with E-state index in [-0.39, 0.29) is 0 Å². The number of rotatable bonds is 2. The van der Waals surface area contributed by atoms with E-state index in [2.05, 4.69) is 25.8 Å². The van der Waals surface area contributed by atoms with Crippen molar-refractivity contribution in [2.24, 2.45) is 0 Å². The van der Waals surface area contributed by atoms with Crippen LogP contribution in [0.3, 0.4) is 0 Å². The van der Waals surface area contributed by atoms with Gasteiger partial charge in [0.25, 0.3) is 0 Å². The first-order valence-electron chi connectivity index (χ1n) is 5.26. The monoisotopic (exact) mass is 220 g/mol. The van der Waals surface area contributed by atoms with Crippen LogP contribution in [-0.2, 0) is 0 Å². The number of nitrogens with zero attached hydrogens (tertiary/aromatic N) is 5. The van der Waals surface area contributed by atoms with Gasteiger partial charge in [0, 0.05) is 13.5 Å². The molecule has 0 spiro atoms. The number of aryl methyl sites for hydroxylation is 1. The first-order valence-corrected chi connectivity index (χ1v) is 5.26. The summed E-state index contributed by atoms with van der Waals surface area (Å²) in [6.07, 6.45) is 2.94. The Morgan fingerprint density at radius 3 is 3.19 bits per heavy atom. The number of aromatic nitrogens is 5. The summed E-state index contributed by atoms with van der Waals surface area (Å²) in [5.74, 6) is 1.03. The fourth-order valence-electron chi connectivity index (χ4n) is 1.83. The van der Waals surface area contributed by atoms with E-state index < -0.39 is 0 Å². The van der Waals surface area contributed by atoms with Crippen molar-refractivity contribution in [3.8, 4) is 11.5 Å². The van der Waals surface area contributed by atoms with Gasteiger partial charge in [0.15, 0.2) is 5.69 Å². The molecule has 0 saturated carbocycles. The van der Waals surface area contributed by atoms with Crippen LogP contribution in [-0.4, -0.2) is 38.2 Å². The fourth-order valence-corrected chi connectivity index (χ4v) is 1.83. The minimum absolute atomic E-state index is 0.384. The van der Waals surface area contributed by atoms with Crippen LogP contribution in [0.2, 0.25) is 0 Å². The van der Waals surface area contributed by atoms with Gasteiger partial charge >= 0.3 is 0 Å². The lowest BCUT2D eigenvalue weighted by Gasteiger charge is -2.05. The Hall–Kier alpha value is -1.76. The second-order valence-electron chi connectivity index (χ2n) is 3.87. The molecule has 0 unspecified atom stereocenters. The maximum atomic E-state index is 4.90. The van der Waals surface area contributed by atoms with Crippen molar-refractivity contribution in [1.29, 1.82) is 0 Å². The summed E-state index contributed by atoms with van der Waals surface area (Å²) < 4.78 is 6.77. The lowest BCUT2D eigenvalue weighted by molar-refractivity contribution is 0.394. The molecule has 0 aromatic carbocycles. The SMILES string of the molecule is Cc1nc(-c2cn([C@@H]3CCNC3)nn2)no1. The van der Waals surface area contributed by atoms with Gasteiger partial charge in [0.1, 0.15) is 0 Å². The largest absolute Gasteiger partial charge is 0.339 e. The molecule has 1 N–H and O–H groups in total. The molecule has 3 rings (SSSR count). The van der Waals surface area contributed by atoms with Crippen LogP contribution < -0.4 is 5.32 Å². The Labute approximate surface area is 91.8 Å². The maximum absolute atomic E-state index is 4.90. The zero-order valence-electron chi connectivity index (χ0n) is 8.92. The quantitative estimate of drug-likeness (QED) is 0.777. The van der Waals surface area contributed by atoms with E-state index in [1.165, 1.54) is 0 Å². The van der Waals surface area contributed by atoms with Gasteiger partial charge in [-0.1, -0.05) is 10.4 Å². The Morgan fingerprint density at radius 1 is 1.56 bits per heavy atom. The van der Waals surface area contributed by atoms with Gasteiger partial charge in [-0.25, -0.2) is 4.68 Å². The van der Waals surface area contributed by atoms with Crippen molar-refractivity contribution in [3.05, 3.63) is 12.1 Å². The molecule has 1 aliphatic rings. The summed E-state index contributed by atoms with van der Waals surface area (Å²) in [4.78, 5) is 4.11. The average Bonchev–Trinajstić information content (AvgIpc) is 2.97. The van der Waals surface area contributed by atoms with Crippen LogP contribution in [0.25, 0.3) is 11.5 Å². The van der Waals surface area contributed by atoms with Crippen molar-refractivity contribution >= 4 is 0 Å². The highest BCUT2D eigenvalue weighted by Gasteiger charge is 2.19. The van der Waals surface area contributed by atoms with Crippen LogP contribution in [0.15, 0.2) is 10.7 Å². The number of nitrogens with one attached hydrogen (secondary N) is 1. The normalized spacial score (nSPS) is 20.4. The number of hydrogen-bond acceptors (Lipinski definition) is 6. The molecule has 1 aliphatic heterocycles. The third kappa shape index (κ3) is 1.58. The van der Waals surface area contributed by atoms with Gasteiger partial charge in [-0.15, -0.1) is 5.10 Å². The molecule has 2 aromatic heterocycles. The van der Waals surface area contributed by atoms with Gasteiger partial charge in [-0.05, 0) is 13.0 Å². The average molecular weight is 220 g/mol. The molecule has 16 heavy (non-hydrogen) atoms. The van der Waals surface area contributed by atoms with E-state index in [0.29, 0.717) is 23.5 Å². The molecule has 84 valence electrons. The minimum atomic E-state index is 0.384. The van der Waals surface area contributed by atoms with E-state index in [1.807, 2.05) is 10.9 Å². The highest BCUT2D eigenvalue weighted by molar-refractivity contribution is 5.45. The summed E-state index contributed by atoms with van der Waals surface area (Å²) in [5.41, 5.74) is 0.656. The Morgan fingerprint density at radius 2 is 2.50 bits per heavy atom. The Balaban J connectivity index is 1.87. The molecule has 1 atom stereocenters. The molecule has 2 aromatic rings. The molecule has 0 aliphatic carbocycles. The Kier molecular flexibility index (Phi) is 2.17. The van der Waals surface area contributed by atoms with Gasteiger partial charge in [0.05, 0.1) is 12.2 Å². The molecule has 0 radical (unpaired) electrons. The van der Waals surface area contributed by atoms with E-state index in [1.54, 1.807) is 6.92 Å². The molecular weight excluding hydrogens is 208 g/mol. The third-order valence-corrected chi connectivity index (χ3v) is 2.68. The Bertz CT molecular complexity index is 484. The van der Waals surface area contributed by atoms with Gasteiger partial charge in [-0.3, -0.25) is 0 Å². The molecule has 1 saturated heterocycles. The van der Waals surface area contributed by atoms with Crippen LogP contribution in [0.4, 0.5) is 0 Å². The van der Waals surface area contributed by atoms with E-state index >= 15 is 0 Å². The molecule has 3 heterocycles. The first-order chi connectivity index (χ1) is 7.83. The summed E-state index contributed by atoms with van der Waals surface area (Å²) >= 11 is 0. The van der Waals surface area contributed by atoms with Gasteiger partial charge in [-0.2, -0.15) is 4.98 Å². The fraction of sp³-hybridized carbons (Fsp3) is 0.556. The second kappa shape index (κ2) is 3.67. The van der Waals surface area contributed by atoms with E-state index in [4.69, 9.17) is 4.52 Å². The van der Waals surface area contributed by atoms with Crippen LogP contribution in [0.1, 0.15) is 18.4 Å². The third-order valence-electron chi connectivity index (χ3n) is 2.68. The number of hydrogen-bond donors (Lipinski definition) is 1. The lowest BCUT2D eigenvalue weighted by atomic mass is 10.3. The standard InChI is InChI=1S/C9H12N6O/c1-6-11-9(13-16-6)8-5-15(14-12-8)7-2-3-10-4-7/h5,7,10H,2-4H2,1H3/t7-/m1/s1. The van der Waals surface area contributed by atoms with Crippen LogP contribution >= 0.6 is 0 Å². The summed E-state index contributed by atoms with van der Waals surface area (Å²) in [7, 11) is 0. The zero-order chi connectivity index (χ0) is 11.0. The molecule has 0 amide bonds. The van der Waals surface area contributed by atoms with Crippen molar-refractivity contribution < 1.29 is 4.52 Å². The zero-order valence-corrected chi connectivity index (χ0v) is 8.92. The van der Waals surface area contributed by atoms with Crippen LogP contribution in [0, 0.1) is 6.92 Å². The molecule has 7 nitrogen and oxygen atoms in total. The van der Waals surface area contributed by atoms with Crippen molar-refractivity contribution in [2.75, 3.05) is 13.1 Å². The maximum Gasteiger partial charge on any atom is 0.224 e. The van der Waals surface area contributed by atoms with Gasteiger partial charge in [0.2, 0.25) is 11.7 Å². The molecule has 7 heteroatoms. The van der Waals surface area contributed by atoms with Crippen molar-refractivity contribution in [3.63, 3.8) is 0 Å². The molecular formula is C9H12N6O. The lowest BCUT2D eigenvalue weighted by Crippen LogP contribution is -2.13. The van der Waals surface area contributed by atoms with Crippen molar-refractivity contribution in [2.45, 2.75) is 19.4 Å².